The van der Waals surface area contributed by atoms with Gasteiger partial charge in [0.25, 0.3) is 10.0 Å². The van der Waals surface area contributed by atoms with Crippen LogP contribution in [0.3, 0.4) is 0 Å². The SMILES string of the molecule is COc1cccc(NS(=O)(=O)c2cc(N)c(C)cc2F)c1. The van der Waals surface area contributed by atoms with E-state index in [1.54, 1.807) is 19.1 Å². The van der Waals surface area contributed by atoms with E-state index in [4.69, 9.17) is 10.5 Å². The molecule has 0 aromatic heterocycles. The molecule has 0 heterocycles. The summed E-state index contributed by atoms with van der Waals surface area (Å²) in [6.45, 7) is 1.60. The molecule has 0 bridgehead atoms. The van der Waals surface area contributed by atoms with Crippen molar-refractivity contribution >= 4 is 21.4 Å². The largest absolute Gasteiger partial charge is 0.497 e. The van der Waals surface area contributed by atoms with Crippen molar-refractivity contribution in [3.8, 4) is 5.75 Å². The Morgan fingerprint density at radius 2 is 1.95 bits per heavy atom. The minimum absolute atomic E-state index is 0.211. The number of methoxy groups -OCH3 is 1. The van der Waals surface area contributed by atoms with Crippen LogP contribution in [-0.2, 0) is 10.0 Å². The van der Waals surface area contributed by atoms with Gasteiger partial charge in [0, 0.05) is 11.8 Å². The van der Waals surface area contributed by atoms with Crippen LogP contribution in [0.15, 0.2) is 41.3 Å². The molecule has 2 aromatic carbocycles. The van der Waals surface area contributed by atoms with Crippen LogP contribution in [0, 0.1) is 12.7 Å². The summed E-state index contributed by atoms with van der Waals surface area (Å²) in [6.07, 6.45) is 0. The third kappa shape index (κ3) is 3.25. The molecular weight excluding hydrogens is 295 g/mol. The molecule has 0 atom stereocenters. The zero-order valence-electron chi connectivity index (χ0n) is 11.6. The molecule has 0 amide bonds. The quantitative estimate of drug-likeness (QED) is 0.850. The summed E-state index contributed by atoms with van der Waals surface area (Å²) in [5, 5.41) is 0. The van der Waals surface area contributed by atoms with Gasteiger partial charge in [-0.05, 0) is 36.8 Å². The number of aryl methyl sites for hydroxylation is 1. The lowest BCUT2D eigenvalue weighted by molar-refractivity contribution is 0.415. The maximum atomic E-state index is 13.9. The summed E-state index contributed by atoms with van der Waals surface area (Å²) in [5.74, 6) is -0.365. The highest BCUT2D eigenvalue weighted by Gasteiger charge is 2.20. The van der Waals surface area contributed by atoms with Crippen molar-refractivity contribution in [2.45, 2.75) is 11.8 Å². The Labute approximate surface area is 122 Å². The van der Waals surface area contributed by atoms with Crippen LogP contribution in [0.2, 0.25) is 0 Å². The zero-order valence-corrected chi connectivity index (χ0v) is 12.4. The number of benzene rings is 2. The minimum Gasteiger partial charge on any atom is -0.497 e. The summed E-state index contributed by atoms with van der Waals surface area (Å²) in [6, 6.07) is 8.52. The molecule has 0 aliphatic rings. The minimum atomic E-state index is -4.07. The number of nitrogen functional groups attached to an aromatic ring is 1. The molecule has 0 unspecified atom stereocenters. The molecule has 0 aliphatic heterocycles. The monoisotopic (exact) mass is 310 g/mol. The zero-order chi connectivity index (χ0) is 15.6. The lowest BCUT2D eigenvalue weighted by atomic mass is 10.2. The molecular formula is C14H15FN2O3S. The van der Waals surface area contributed by atoms with Crippen molar-refractivity contribution in [2.24, 2.45) is 0 Å². The second kappa shape index (κ2) is 5.61. The van der Waals surface area contributed by atoms with Gasteiger partial charge in [-0.3, -0.25) is 4.72 Å². The Hall–Kier alpha value is -2.28. The first-order chi connectivity index (χ1) is 9.83. The third-order valence-electron chi connectivity index (χ3n) is 2.93. The van der Waals surface area contributed by atoms with E-state index in [0.717, 1.165) is 12.1 Å². The Morgan fingerprint density at radius 1 is 1.24 bits per heavy atom. The Kier molecular flexibility index (Phi) is 4.04. The molecule has 112 valence electrons. The van der Waals surface area contributed by atoms with E-state index in [9.17, 15) is 12.8 Å². The van der Waals surface area contributed by atoms with Gasteiger partial charge in [0.1, 0.15) is 16.5 Å². The van der Waals surface area contributed by atoms with Crippen molar-refractivity contribution < 1.29 is 17.5 Å². The van der Waals surface area contributed by atoms with E-state index < -0.39 is 20.7 Å². The molecule has 21 heavy (non-hydrogen) atoms. The Balaban J connectivity index is 2.40. The number of nitrogens with one attached hydrogen (secondary N) is 1. The molecule has 0 saturated carbocycles. The van der Waals surface area contributed by atoms with Crippen LogP contribution in [0.5, 0.6) is 5.75 Å². The van der Waals surface area contributed by atoms with Crippen molar-refractivity contribution in [1.29, 1.82) is 0 Å². The molecule has 0 aliphatic carbocycles. The predicted molar refractivity (Wildman–Crippen MR) is 79.4 cm³/mol. The number of hydrogen-bond donors (Lipinski definition) is 2. The molecule has 2 aromatic rings. The van der Waals surface area contributed by atoms with Crippen molar-refractivity contribution in [3.63, 3.8) is 0 Å². The fraction of sp³-hybridized carbons (Fsp3) is 0.143. The molecule has 3 N–H and O–H groups in total. The van der Waals surface area contributed by atoms with Crippen molar-refractivity contribution in [1.82, 2.24) is 0 Å². The van der Waals surface area contributed by atoms with Gasteiger partial charge in [0.05, 0.1) is 12.8 Å². The van der Waals surface area contributed by atoms with Crippen LogP contribution in [0.4, 0.5) is 15.8 Å². The van der Waals surface area contributed by atoms with Crippen LogP contribution < -0.4 is 15.2 Å². The number of halogens is 1. The fourth-order valence-electron chi connectivity index (χ4n) is 1.77. The topological polar surface area (TPSA) is 81.4 Å². The van der Waals surface area contributed by atoms with Gasteiger partial charge in [-0.2, -0.15) is 0 Å². The normalized spacial score (nSPS) is 11.2. The molecule has 5 nitrogen and oxygen atoms in total. The summed E-state index contributed by atoms with van der Waals surface area (Å²) in [7, 11) is -2.60. The van der Waals surface area contributed by atoms with E-state index >= 15 is 0 Å². The number of rotatable bonds is 4. The summed E-state index contributed by atoms with van der Waals surface area (Å²) < 4.78 is 45.6. The first-order valence-corrected chi connectivity index (χ1v) is 7.54. The van der Waals surface area contributed by atoms with Gasteiger partial charge < -0.3 is 10.5 Å². The predicted octanol–water partition coefficient (Wildman–Crippen LogP) is 2.53. The van der Waals surface area contributed by atoms with Crippen LogP contribution in [0.1, 0.15) is 5.56 Å². The first-order valence-electron chi connectivity index (χ1n) is 6.06. The van der Waals surface area contributed by atoms with Crippen LogP contribution >= 0.6 is 0 Å². The average molecular weight is 310 g/mol. The fourth-order valence-corrected chi connectivity index (χ4v) is 2.92. The van der Waals surface area contributed by atoms with Gasteiger partial charge in [-0.15, -0.1) is 0 Å². The lowest BCUT2D eigenvalue weighted by Crippen LogP contribution is -2.15. The van der Waals surface area contributed by atoms with Gasteiger partial charge in [-0.25, -0.2) is 12.8 Å². The van der Waals surface area contributed by atoms with E-state index in [0.29, 0.717) is 11.3 Å². The van der Waals surface area contributed by atoms with Gasteiger partial charge in [0.15, 0.2) is 0 Å². The van der Waals surface area contributed by atoms with Crippen molar-refractivity contribution in [2.75, 3.05) is 17.6 Å². The maximum Gasteiger partial charge on any atom is 0.264 e. The highest BCUT2D eigenvalue weighted by atomic mass is 32.2. The van der Waals surface area contributed by atoms with Gasteiger partial charge >= 0.3 is 0 Å². The van der Waals surface area contributed by atoms with Crippen LogP contribution in [0.25, 0.3) is 0 Å². The van der Waals surface area contributed by atoms with E-state index in [-0.39, 0.29) is 11.4 Å². The second-order valence-corrected chi connectivity index (χ2v) is 6.13. The number of sulfonamides is 1. The number of hydrogen-bond acceptors (Lipinski definition) is 4. The summed E-state index contributed by atoms with van der Waals surface area (Å²) in [5.41, 5.74) is 6.61. The number of ether oxygens (including phenoxy) is 1. The lowest BCUT2D eigenvalue weighted by Gasteiger charge is -2.11. The number of nitrogens with two attached hydrogens (primary N) is 1. The standard InChI is InChI=1S/C14H15FN2O3S/c1-9-6-12(15)14(8-13(9)16)21(18,19)17-10-4-3-5-11(7-10)20-2/h3-8,17H,16H2,1-2H3. The smallest absolute Gasteiger partial charge is 0.264 e. The Bertz CT molecular complexity index is 776. The van der Waals surface area contributed by atoms with E-state index in [1.807, 2.05) is 0 Å². The molecule has 0 spiro atoms. The van der Waals surface area contributed by atoms with Gasteiger partial charge in [0.2, 0.25) is 0 Å². The maximum absolute atomic E-state index is 13.9. The second-order valence-electron chi connectivity index (χ2n) is 4.48. The van der Waals surface area contributed by atoms with Gasteiger partial charge in [-0.1, -0.05) is 6.07 Å². The highest BCUT2D eigenvalue weighted by molar-refractivity contribution is 7.92. The van der Waals surface area contributed by atoms with Crippen LogP contribution in [-0.4, -0.2) is 15.5 Å². The van der Waals surface area contributed by atoms with Crippen molar-refractivity contribution in [3.05, 3.63) is 47.8 Å². The molecule has 0 radical (unpaired) electrons. The van der Waals surface area contributed by atoms with E-state index in [2.05, 4.69) is 4.72 Å². The third-order valence-corrected chi connectivity index (χ3v) is 4.33. The first kappa shape index (κ1) is 15.1. The molecule has 2 rings (SSSR count). The molecule has 7 heteroatoms. The highest BCUT2D eigenvalue weighted by Crippen LogP contribution is 2.25. The summed E-state index contributed by atoms with van der Waals surface area (Å²) in [4.78, 5) is -0.492. The molecule has 0 fully saturated rings. The summed E-state index contributed by atoms with van der Waals surface area (Å²) >= 11 is 0. The Morgan fingerprint density at radius 3 is 2.62 bits per heavy atom. The van der Waals surface area contributed by atoms with E-state index in [1.165, 1.54) is 19.2 Å². The molecule has 0 saturated heterocycles. The number of anilines is 2. The average Bonchev–Trinajstić information content (AvgIpc) is 2.42.